The average Bonchev–Trinajstić information content (AvgIpc) is 3.56. The van der Waals surface area contributed by atoms with Gasteiger partial charge in [-0.1, -0.05) is 26.0 Å². The van der Waals surface area contributed by atoms with Crippen LogP contribution in [-0.4, -0.2) is 90.3 Å². The monoisotopic (exact) mass is 610 g/mol. The number of aliphatic hydroxyl groups is 1. The first-order chi connectivity index (χ1) is 21.7. The summed E-state index contributed by atoms with van der Waals surface area (Å²) in [4.78, 5) is 34.0. The molecule has 1 fully saturated rings. The summed E-state index contributed by atoms with van der Waals surface area (Å²) in [6, 6.07) is 14.8. The van der Waals surface area contributed by atoms with Gasteiger partial charge in [0.25, 0.3) is 11.8 Å². The van der Waals surface area contributed by atoms with Crippen molar-refractivity contribution in [1.29, 1.82) is 5.26 Å². The summed E-state index contributed by atoms with van der Waals surface area (Å²) >= 11 is 0. The summed E-state index contributed by atoms with van der Waals surface area (Å²) in [6.45, 7) is 13.1. The zero-order chi connectivity index (χ0) is 32.1. The average molecular weight is 611 g/mol. The molecule has 2 unspecified atom stereocenters. The van der Waals surface area contributed by atoms with E-state index in [1.54, 1.807) is 35.2 Å². The van der Waals surface area contributed by atoms with Crippen molar-refractivity contribution in [2.45, 2.75) is 39.8 Å². The van der Waals surface area contributed by atoms with E-state index in [1.165, 1.54) is 0 Å². The Hall–Kier alpha value is -4.27. The molecule has 2 aromatic carbocycles. The van der Waals surface area contributed by atoms with Gasteiger partial charge in [-0.15, -0.1) is 0 Å². The van der Waals surface area contributed by atoms with Gasteiger partial charge < -0.3 is 35.3 Å². The second-order valence-electron chi connectivity index (χ2n) is 11.6. The van der Waals surface area contributed by atoms with Crippen LogP contribution < -0.4 is 10.6 Å². The minimum Gasteiger partial charge on any atom is -0.390 e. The molecule has 4 N–H and O–H groups in total. The number of aryl methyl sites for hydroxylation is 1. The third kappa shape index (κ3) is 7.02. The molecule has 1 aromatic heterocycles. The van der Waals surface area contributed by atoms with Crippen LogP contribution >= 0.6 is 0 Å². The Labute approximate surface area is 264 Å². The number of ether oxygens (including phenoxy) is 1. The highest BCUT2D eigenvalue weighted by Gasteiger charge is 2.29. The van der Waals surface area contributed by atoms with Gasteiger partial charge in [0, 0.05) is 66.0 Å². The molecule has 0 aliphatic carbocycles. The molecule has 10 nitrogen and oxygen atoms in total. The second kappa shape index (κ2) is 14.2. The Kier molecular flexibility index (Phi) is 10.2. The molecule has 3 heterocycles. The summed E-state index contributed by atoms with van der Waals surface area (Å²) in [5, 5.41) is 26.6. The number of benzene rings is 2. The molecule has 0 bridgehead atoms. The topological polar surface area (TPSA) is 134 Å². The van der Waals surface area contributed by atoms with E-state index in [2.05, 4.69) is 47.4 Å². The van der Waals surface area contributed by atoms with E-state index >= 15 is 0 Å². The van der Waals surface area contributed by atoms with Crippen molar-refractivity contribution < 1.29 is 19.4 Å². The smallest absolute Gasteiger partial charge is 0.256 e. The lowest BCUT2D eigenvalue weighted by Crippen LogP contribution is -2.40. The van der Waals surface area contributed by atoms with E-state index in [4.69, 9.17) is 4.74 Å². The molecule has 0 radical (unpaired) electrons. The quantitative estimate of drug-likeness (QED) is 0.240. The van der Waals surface area contributed by atoms with Crippen molar-refractivity contribution in [2.75, 3.05) is 57.8 Å². The number of carbonyl (C=O) groups excluding carboxylic acids is 2. The number of rotatable bonds is 11. The largest absolute Gasteiger partial charge is 0.390 e. The third-order valence-corrected chi connectivity index (χ3v) is 8.66. The second-order valence-corrected chi connectivity index (χ2v) is 11.6. The molecule has 2 aliphatic rings. The van der Waals surface area contributed by atoms with Crippen LogP contribution in [0.3, 0.4) is 0 Å². The Balaban J connectivity index is 1.51. The van der Waals surface area contributed by atoms with E-state index in [0.717, 1.165) is 41.2 Å². The van der Waals surface area contributed by atoms with Crippen LogP contribution in [0.15, 0.2) is 42.5 Å². The van der Waals surface area contributed by atoms with Crippen molar-refractivity contribution in [3.05, 3.63) is 76.1 Å². The third-order valence-electron chi connectivity index (χ3n) is 8.66. The number of nitriles is 1. The van der Waals surface area contributed by atoms with Crippen molar-refractivity contribution in [2.24, 2.45) is 0 Å². The maximum atomic E-state index is 13.3. The lowest BCUT2D eigenvalue weighted by Gasteiger charge is -2.27. The summed E-state index contributed by atoms with van der Waals surface area (Å²) in [7, 11) is 0. The Morgan fingerprint density at radius 3 is 2.56 bits per heavy atom. The number of fused-ring (bicyclic) bond motifs is 1. The summed E-state index contributed by atoms with van der Waals surface area (Å²) in [6.07, 6.45) is 1.32. The SMILES string of the molecule is CCN(CC)CC(O)CNC(C)c1c(C)[nH]c(/C=C2\C(=O)Nc3ccc(C(=O)N4CCOCC4)cc32)c1-c1ccc(C#N)cc1. The van der Waals surface area contributed by atoms with Crippen LogP contribution in [0.4, 0.5) is 5.69 Å². The fraction of sp³-hybridized carbons (Fsp3) is 0.400. The number of carbonyl (C=O) groups is 2. The standard InChI is InChI=1S/C35H42N6O4/c1-5-40(6-2)21-27(42)20-37-22(3)32-23(4)38-31(33(32)25-9-7-24(19-36)8-10-25)18-29-28-17-26(11-12-30(28)39-34(29)43)35(44)41-13-15-45-16-14-41/h7-12,17-18,22,27,37-38,42H,5-6,13-16,20-21H2,1-4H3,(H,39,43)/b29-18-. The number of likely N-dealkylation sites (N-methyl/N-ethyl adjacent to an activating group) is 1. The number of aliphatic hydroxyl groups excluding tert-OH is 1. The minimum absolute atomic E-state index is 0.0841. The van der Waals surface area contributed by atoms with Gasteiger partial charge in [0.1, 0.15) is 0 Å². The number of nitrogens with zero attached hydrogens (tertiary/aromatic N) is 3. The lowest BCUT2D eigenvalue weighted by molar-refractivity contribution is -0.110. The van der Waals surface area contributed by atoms with Gasteiger partial charge >= 0.3 is 0 Å². The number of hydrogen-bond donors (Lipinski definition) is 4. The van der Waals surface area contributed by atoms with E-state index in [0.29, 0.717) is 67.3 Å². The van der Waals surface area contributed by atoms with Gasteiger partial charge in [0.2, 0.25) is 0 Å². The van der Waals surface area contributed by atoms with Crippen LogP contribution in [-0.2, 0) is 9.53 Å². The highest BCUT2D eigenvalue weighted by molar-refractivity contribution is 6.35. The predicted molar refractivity (Wildman–Crippen MR) is 176 cm³/mol. The first-order valence-electron chi connectivity index (χ1n) is 15.6. The molecule has 45 heavy (non-hydrogen) atoms. The molecule has 0 spiro atoms. The molecule has 5 rings (SSSR count). The number of hydrogen-bond acceptors (Lipinski definition) is 7. The molecule has 10 heteroatoms. The number of morpholine rings is 1. The summed E-state index contributed by atoms with van der Waals surface area (Å²) < 4.78 is 5.40. The molecule has 3 aromatic rings. The van der Waals surface area contributed by atoms with Crippen LogP contribution in [0, 0.1) is 18.3 Å². The number of H-pyrrole nitrogens is 1. The first kappa shape index (κ1) is 32.1. The van der Waals surface area contributed by atoms with Crippen molar-refractivity contribution in [3.8, 4) is 17.2 Å². The van der Waals surface area contributed by atoms with Gasteiger partial charge in [-0.3, -0.25) is 9.59 Å². The molecular weight excluding hydrogens is 568 g/mol. The molecule has 0 saturated carbocycles. The van der Waals surface area contributed by atoms with Crippen molar-refractivity contribution in [3.63, 3.8) is 0 Å². The number of amides is 2. The van der Waals surface area contributed by atoms with E-state index in [9.17, 15) is 20.0 Å². The molecule has 2 amide bonds. The zero-order valence-electron chi connectivity index (χ0n) is 26.4. The molecule has 2 atom stereocenters. The van der Waals surface area contributed by atoms with Gasteiger partial charge in [0.15, 0.2) is 0 Å². The number of aromatic amines is 1. The van der Waals surface area contributed by atoms with E-state index < -0.39 is 6.10 Å². The van der Waals surface area contributed by atoms with Gasteiger partial charge in [-0.2, -0.15) is 5.26 Å². The number of nitrogens with one attached hydrogen (secondary N) is 3. The molecule has 2 aliphatic heterocycles. The van der Waals surface area contributed by atoms with Crippen molar-refractivity contribution >= 4 is 29.2 Å². The number of aromatic nitrogens is 1. The maximum absolute atomic E-state index is 13.3. The van der Waals surface area contributed by atoms with E-state index in [-0.39, 0.29) is 17.9 Å². The first-order valence-corrected chi connectivity index (χ1v) is 15.6. The van der Waals surface area contributed by atoms with Gasteiger partial charge in [0.05, 0.1) is 36.5 Å². The summed E-state index contributed by atoms with van der Waals surface area (Å²) in [5.74, 6) is -0.328. The minimum atomic E-state index is -0.528. The fourth-order valence-corrected chi connectivity index (χ4v) is 6.15. The van der Waals surface area contributed by atoms with Crippen LogP contribution in [0.2, 0.25) is 0 Å². The maximum Gasteiger partial charge on any atom is 0.256 e. The molecule has 1 saturated heterocycles. The fourth-order valence-electron chi connectivity index (χ4n) is 6.15. The highest BCUT2D eigenvalue weighted by atomic mass is 16.5. The summed E-state index contributed by atoms with van der Waals surface area (Å²) in [5.41, 5.74) is 7.35. The number of anilines is 1. The van der Waals surface area contributed by atoms with Crippen LogP contribution in [0.5, 0.6) is 0 Å². The van der Waals surface area contributed by atoms with Crippen LogP contribution in [0.1, 0.15) is 65.2 Å². The Bertz CT molecular complexity index is 1610. The highest BCUT2D eigenvalue weighted by Crippen LogP contribution is 2.39. The lowest BCUT2D eigenvalue weighted by atomic mass is 9.94. The van der Waals surface area contributed by atoms with Gasteiger partial charge in [-0.25, -0.2) is 0 Å². The predicted octanol–water partition coefficient (Wildman–Crippen LogP) is 4.18. The normalized spacial score (nSPS) is 16.9. The van der Waals surface area contributed by atoms with Gasteiger partial charge in [-0.05, 0) is 74.5 Å². The zero-order valence-corrected chi connectivity index (χ0v) is 26.4. The van der Waals surface area contributed by atoms with Crippen molar-refractivity contribution in [1.82, 2.24) is 20.1 Å². The van der Waals surface area contributed by atoms with E-state index in [1.807, 2.05) is 25.1 Å². The Morgan fingerprint density at radius 2 is 1.89 bits per heavy atom. The molecule has 236 valence electrons. The molecular formula is C35H42N6O4. The van der Waals surface area contributed by atoms with Crippen LogP contribution in [0.25, 0.3) is 22.8 Å². The Morgan fingerprint density at radius 1 is 1.18 bits per heavy atom.